The topological polar surface area (TPSA) is 15.3 Å². The molecule has 1 N–H and O–H groups in total. The van der Waals surface area contributed by atoms with Crippen molar-refractivity contribution in [1.82, 2.24) is 10.2 Å². The second kappa shape index (κ2) is 5.71. The third-order valence-corrected chi connectivity index (χ3v) is 5.26. The Morgan fingerprint density at radius 1 is 1.18 bits per heavy atom. The van der Waals surface area contributed by atoms with Gasteiger partial charge in [-0.1, -0.05) is 20.3 Å². The van der Waals surface area contributed by atoms with Crippen LogP contribution in [0.5, 0.6) is 0 Å². The Balaban J connectivity index is 2.10. The number of nitrogens with zero attached hydrogens (tertiary/aromatic N) is 1. The van der Waals surface area contributed by atoms with Gasteiger partial charge in [0.2, 0.25) is 0 Å². The third-order valence-electron chi connectivity index (χ3n) is 5.26. The van der Waals surface area contributed by atoms with Crippen LogP contribution in [0.25, 0.3) is 0 Å². The Morgan fingerprint density at radius 2 is 1.82 bits per heavy atom. The van der Waals surface area contributed by atoms with E-state index in [1.165, 1.54) is 51.6 Å². The number of likely N-dealkylation sites (N-methyl/N-ethyl adjacent to an activating group) is 1. The number of hydrogen-bond acceptors (Lipinski definition) is 2. The summed E-state index contributed by atoms with van der Waals surface area (Å²) in [7, 11) is 0. The largest absolute Gasteiger partial charge is 0.312 e. The first kappa shape index (κ1) is 13.4. The molecule has 0 aromatic rings. The van der Waals surface area contributed by atoms with Gasteiger partial charge >= 0.3 is 0 Å². The number of hydrogen-bond donors (Lipinski definition) is 1. The Kier molecular flexibility index (Phi) is 4.48. The lowest BCUT2D eigenvalue weighted by Gasteiger charge is -2.50. The lowest BCUT2D eigenvalue weighted by Crippen LogP contribution is -2.62. The van der Waals surface area contributed by atoms with Crippen LogP contribution in [0.2, 0.25) is 0 Å². The van der Waals surface area contributed by atoms with Crippen molar-refractivity contribution in [2.45, 2.75) is 70.9 Å². The van der Waals surface area contributed by atoms with Crippen molar-refractivity contribution in [3.05, 3.63) is 0 Å². The van der Waals surface area contributed by atoms with Gasteiger partial charge in [0.05, 0.1) is 0 Å². The first-order chi connectivity index (χ1) is 8.22. The highest BCUT2D eigenvalue weighted by atomic mass is 15.2. The second-order valence-electron chi connectivity index (χ2n) is 6.13. The molecule has 0 aromatic carbocycles. The highest BCUT2D eigenvalue weighted by molar-refractivity contribution is 5.02. The van der Waals surface area contributed by atoms with Crippen molar-refractivity contribution in [2.75, 3.05) is 19.6 Å². The summed E-state index contributed by atoms with van der Waals surface area (Å²) >= 11 is 0. The van der Waals surface area contributed by atoms with E-state index in [-0.39, 0.29) is 0 Å². The number of rotatable bonds is 6. The van der Waals surface area contributed by atoms with Crippen LogP contribution in [-0.2, 0) is 0 Å². The molecule has 1 saturated carbocycles. The molecular weight excluding hydrogens is 208 g/mol. The zero-order valence-corrected chi connectivity index (χ0v) is 12.0. The van der Waals surface area contributed by atoms with Gasteiger partial charge in [0.15, 0.2) is 0 Å². The molecule has 1 aliphatic heterocycles. The number of likely N-dealkylation sites (tertiary alicyclic amines) is 1. The molecule has 2 fully saturated rings. The van der Waals surface area contributed by atoms with Crippen molar-refractivity contribution in [2.24, 2.45) is 5.92 Å². The van der Waals surface area contributed by atoms with Gasteiger partial charge in [-0.15, -0.1) is 0 Å². The number of nitrogens with one attached hydrogen (secondary N) is 1. The average molecular weight is 238 g/mol. The quantitative estimate of drug-likeness (QED) is 0.765. The maximum Gasteiger partial charge on any atom is 0.0334 e. The maximum atomic E-state index is 3.81. The van der Waals surface area contributed by atoms with E-state index in [0.29, 0.717) is 11.6 Å². The minimum absolute atomic E-state index is 0.387. The van der Waals surface area contributed by atoms with Crippen LogP contribution in [0.1, 0.15) is 59.3 Å². The fourth-order valence-corrected chi connectivity index (χ4v) is 3.76. The Bertz CT molecular complexity index is 231. The SMILES string of the molecule is CCNC(C1CCC1)C(C)(CC)N1CCCC1. The molecule has 0 radical (unpaired) electrons. The van der Waals surface area contributed by atoms with E-state index in [2.05, 4.69) is 31.0 Å². The predicted octanol–water partition coefficient (Wildman–Crippen LogP) is 3.03. The van der Waals surface area contributed by atoms with Gasteiger partial charge in [-0.05, 0) is 64.6 Å². The Morgan fingerprint density at radius 3 is 2.24 bits per heavy atom. The molecule has 0 aromatic heterocycles. The van der Waals surface area contributed by atoms with E-state index in [1.807, 2.05) is 0 Å². The van der Waals surface area contributed by atoms with E-state index in [9.17, 15) is 0 Å². The summed E-state index contributed by atoms with van der Waals surface area (Å²) in [6.45, 7) is 10.9. The molecule has 0 spiro atoms. The zero-order chi connectivity index (χ0) is 12.3. The van der Waals surface area contributed by atoms with Crippen molar-refractivity contribution in [3.63, 3.8) is 0 Å². The highest BCUT2D eigenvalue weighted by Gasteiger charge is 2.44. The van der Waals surface area contributed by atoms with Gasteiger partial charge in [-0.3, -0.25) is 4.90 Å². The van der Waals surface area contributed by atoms with E-state index < -0.39 is 0 Å². The first-order valence-corrected chi connectivity index (χ1v) is 7.70. The van der Waals surface area contributed by atoms with Gasteiger partial charge in [0, 0.05) is 11.6 Å². The molecule has 2 nitrogen and oxygen atoms in total. The van der Waals surface area contributed by atoms with Gasteiger partial charge in [-0.2, -0.15) is 0 Å². The summed E-state index contributed by atoms with van der Waals surface area (Å²) in [6, 6.07) is 0.712. The molecule has 2 atom stereocenters. The summed E-state index contributed by atoms with van der Waals surface area (Å²) < 4.78 is 0. The molecule has 2 aliphatic rings. The lowest BCUT2D eigenvalue weighted by molar-refractivity contribution is 0.0363. The van der Waals surface area contributed by atoms with Gasteiger partial charge in [0.1, 0.15) is 0 Å². The zero-order valence-electron chi connectivity index (χ0n) is 12.0. The smallest absolute Gasteiger partial charge is 0.0334 e. The van der Waals surface area contributed by atoms with Gasteiger partial charge < -0.3 is 5.32 Å². The van der Waals surface area contributed by atoms with E-state index in [1.54, 1.807) is 0 Å². The predicted molar refractivity (Wildman–Crippen MR) is 74.3 cm³/mol. The van der Waals surface area contributed by atoms with Crippen molar-refractivity contribution in [1.29, 1.82) is 0 Å². The minimum Gasteiger partial charge on any atom is -0.312 e. The molecule has 17 heavy (non-hydrogen) atoms. The summed E-state index contributed by atoms with van der Waals surface area (Å²) in [5.74, 6) is 0.931. The Hall–Kier alpha value is -0.0800. The monoisotopic (exact) mass is 238 g/mol. The van der Waals surface area contributed by atoms with Crippen molar-refractivity contribution < 1.29 is 0 Å². The normalized spacial score (nSPS) is 27.7. The molecule has 2 heteroatoms. The summed E-state index contributed by atoms with van der Waals surface area (Å²) in [5.41, 5.74) is 0.387. The molecule has 0 amide bonds. The summed E-state index contributed by atoms with van der Waals surface area (Å²) in [6.07, 6.45) is 8.42. The molecule has 100 valence electrons. The minimum atomic E-state index is 0.387. The molecule has 1 aliphatic carbocycles. The average Bonchev–Trinajstić information content (AvgIpc) is 2.79. The first-order valence-electron chi connectivity index (χ1n) is 7.70. The molecule has 2 unspecified atom stereocenters. The summed E-state index contributed by atoms with van der Waals surface area (Å²) in [4.78, 5) is 2.76. The third kappa shape index (κ3) is 2.53. The van der Waals surface area contributed by atoms with Gasteiger partial charge in [-0.25, -0.2) is 0 Å². The molecule has 0 bridgehead atoms. The van der Waals surface area contributed by atoms with Crippen LogP contribution in [0.15, 0.2) is 0 Å². The lowest BCUT2D eigenvalue weighted by atomic mass is 9.70. The van der Waals surface area contributed by atoms with E-state index in [4.69, 9.17) is 0 Å². The van der Waals surface area contributed by atoms with Gasteiger partial charge in [0.25, 0.3) is 0 Å². The van der Waals surface area contributed by atoms with Crippen molar-refractivity contribution in [3.8, 4) is 0 Å². The Labute approximate surface area is 107 Å². The standard InChI is InChI=1S/C15H30N2/c1-4-15(3,17-11-6-7-12-17)14(16-5-2)13-9-8-10-13/h13-14,16H,4-12H2,1-3H3. The summed E-state index contributed by atoms with van der Waals surface area (Å²) in [5, 5.41) is 3.81. The van der Waals surface area contributed by atoms with Crippen LogP contribution in [-0.4, -0.2) is 36.1 Å². The highest BCUT2D eigenvalue weighted by Crippen LogP contribution is 2.39. The fraction of sp³-hybridized carbons (Fsp3) is 1.00. The van der Waals surface area contributed by atoms with Crippen molar-refractivity contribution >= 4 is 0 Å². The second-order valence-corrected chi connectivity index (χ2v) is 6.13. The molecule has 2 rings (SSSR count). The van der Waals surface area contributed by atoms with E-state index >= 15 is 0 Å². The van der Waals surface area contributed by atoms with Crippen LogP contribution < -0.4 is 5.32 Å². The van der Waals surface area contributed by atoms with Crippen LogP contribution in [0.3, 0.4) is 0 Å². The van der Waals surface area contributed by atoms with E-state index in [0.717, 1.165) is 12.5 Å². The molecular formula is C15H30N2. The van der Waals surface area contributed by atoms with Crippen LogP contribution >= 0.6 is 0 Å². The van der Waals surface area contributed by atoms with Crippen LogP contribution in [0.4, 0.5) is 0 Å². The molecule has 1 heterocycles. The van der Waals surface area contributed by atoms with Crippen LogP contribution in [0, 0.1) is 5.92 Å². The fourth-order valence-electron chi connectivity index (χ4n) is 3.76. The molecule has 1 saturated heterocycles. The maximum absolute atomic E-state index is 3.81.